The highest BCUT2D eigenvalue weighted by Crippen LogP contribution is 2.31. The van der Waals surface area contributed by atoms with Crippen molar-refractivity contribution < 1.29 is 9.59 Å². The second-order valence-corrected chi connectivity index (χ2v) is 6.70. The van der Waals surface area contributed by atoms with Gasteiger partial charge in [0.05, 0.1) is 0 Å². The highest BCUT2D eigenvalue weighted by atomic mass is 16.2. The van der Waals surface area contributed by atoms with E-state index in [4.69, 9.17) is 0 Å². The molecule has 0 spiro atoms. The first-order valence-corrected chi connectivity index (χ1v) is 9.22. The van der Waals surface area contributed by atoms with E-state index in [1.165, 1.54) is 12.8 Å². The van der Waals surface area contributed by atoms with Crippen molar-refractivity contribution in [3.63, 3.8) is 0 Å². The number of amides is 2. The van der Waals surface area contributed by atoms with Crippen LogP contribution in [0.5, 0.6) is 0 Å². The minimum atomic E-state index is -0.595. The van der Waals surface area contributed by atoms with Gasteiger partial charge in [0.1, 0.15) is 6.04 Å². The molecule has 0 aliphatic heterocycles. The Bertz CT molecular complexity index is 534. The molecule has 0 bridgehead atoms. The molecular weight excluding hydrogens is 300 g/mol. The van der Waals surface area contributed by atoms with Crippen LogP contribution in [0.25, 0.3) is 0 Å². The molecule has 1 aromatic carbocycles. The van der Waals surface area contributed by atoms with Gasteiger partial charge in [-0.05, 0) is 38.2 Å². The van der Waals surface area contributed by atoms with Gasteiger partial charge in [0, 0.05) is 19.0 Å². The highest BCUT2D eigenvalue weighted by Gasteiger charge is 2.31. The van der Waals surface area contributed by atoms with E-state index in [2.05, 4.69) is 5.32 Å². The summed E-state index contributed by atoms with van der Waals surface area (Å²) in [7, 11) is 0. The fraction of sp³-hybridized carbons (Fsp3) is 0.600. The molecule has 132 valence electrons. The van der Waals surface area contributed by atoms with Crippen LogP contribution in [0.4, 0.5) is 0 Å². The Morgan fingerprint density at radius 2 is 1.71 bits per heavy atom. The van der Waals surface area contributed by atoms with Crippen molar-refractivity contribution in [2.24, 2.45) is 11.8 Å². The number of benzene rings is 1. The molecule has 24 heavy (non-hydrogen) atoms. The average molecular weight is 330 g/mol. The second kappa shape index (κ2) is 8.86. The van der Waals surface area contributed by atoms with Crippen LogP contribution in [-0.4, -0.2) is 29.8 Å². The van der Waals surface area contributed by atoms with Crippen molar-refractivity contribution in [2.45, 2.75) is 52.5 Å². The fourth-order valence-electron chi connectivity index (χ4n) is 3.60. The lowest BCUT2D eigenvalue weighted by Crippen LogP contribution is -2.45. The Morgan fingerprint density at radius 3 is 2.25 bits per heavy atom. The lowest BCUT2D eigenvalue weighted by molar-refractivity contribution is -0.137. The number of likely N-dealkylation sites (N-methyl/N-ethyl adjacent to an activating group) is 1. The molecule has 1 aliphatic rings. The van der Waals surface area contributed by atoms with Crippen LogP contribution in [-0.2, 0) is 9.59 Å². The minimum absolute atomic E-state index is 0.00346. The zero-order chi connectivity index (χ0) is 17.5. The first-order chi connectivity index (χ1) is 11.6. The largest absolute Gasteiger partial charge is 0.341 e. The third kappa shape index (κ3) is 4.37. The number of rotatable bonds is 7. The van der Waals surface area contributed by atoms with Crippen molar-refractivity contribution in [1.82, 2.24) is 10.2 Å². The van der Waals surface area contributed by atoms with E-state index in [0.29, 0.717) is 19.0 Å². The normalized spacial score (nSPS) is 17.3. The molecule has 2 atom stereocenters. The third-order valence-corrected chi connectivity index (χ3v) is 5.26. The van der Waals surface area contributed by atoms with Crippen LogP contribution < -0.4 is 5.32 Å². The maximum Gasteiger partial charge on any atom is 0.249 e. The molecule has 1 saturated carbocycles. The average Bonchev–Trinajstić information content (AvgIpc) is 3.15. The van der Waals surface area contributed by atoms with Crippen molar-refractivity contribution in [3.05, 3.63) is 35.9 Å². The molecule has 0 heterocycles. The van der Waals surface area contributed by atoms with Crippen LogP contribution in [0.15, 0.2) is 30.3 Å². The van der Waals surface area contributed by atoms with E-state index in [0.717, 1.165) is 18.4 Å². The van der Waals surface area contributed by atoms with E-state index in [1.54, 1.807) is 4.90 Å². The van der Waals surface area contributed by atoms with Gasteiger partial charge in [-0.3, -0.25) is 9.59 Å². The monoisotopic (exact) mass is 330 g/mol. The van der Waals surface area contributed by atoms with Gasteiger partial charge in [0.15, 0.2) is 0 Å². The molecule has 1 unspecified atom stereocenters. The van der Waals surface area contributed by atoms with E-state index in [-0.39, 0.29) is 17.7 Å². The molecule has 0 aromatic heterocycles. The molecule has 1 fully saturated rings. The number of carbonyl (C=O) groups is 2. The summed E-state index contributed by atoms with van der Waals surface area (Å²) in [5.41, 5.74) is 0.848. The standard InChI is InChI=1S/C20H30N2O2/c1-4-22(5-2)20(24)18(17-13-7-6-8-14-17)21-19(23)15(3)16-11-9-10-12-16/h6-8,13-16,18H,4-5,9-12H2,1-3H3,(H,21,23)/t15?,18-/m0/s1. The number of hydrogen-bond donors (Lipinski definition) is 1. The smallest absolute Gasteiger partial charge is 0.249 e. The summed E-state index contributed by atoms with van der Waals surface area (Å²) in [5, 5.41) is 3.03. The van der Waals surface area contributed by atoms with Gasteiger partial charge >= 0.3 is 0 Å². The van der Waals surface area contributed by atoms with Gasteiger partial charge in [0.25, 0.3) is 0 Å². The number of nitrogens with one attached hydrogen (secondary N) is 1. The summed E-state index contributed by atoms with van der Waals surface area (Å²) in [6.45, 7) is 7.22. The molecule has 0 saturated heterocycles. The van der Waals surface area contributed by atoms with Gasteiger partial charge < -0.3 is 10.2 Å². The molecule has 1 N–H and O–H groups in total. The highest BCUT2D eigenvalue weighted by molar-refractivity contribution is 5.89. The first kappa shape index (κ1) is 18.5. The topological polar surface area (TPSA) is 49.4 Å². The van der Waals surface area contributed by atoms with Crippen molar-refractivity contribution >= 4 is 11.8 Å². The predicted molar refractivity (Wildman–Crippen MR) is 96.4 cm³/mol. The first-order valence-electron chi connectivity index (χ1n) is 9.22. The maximum atomic E-state index is 12.9. The van der Waals surface area contributed by atoms with Gasteiger partial charge in [-0.1, -0.05) is 50.1 Å². The fourth-order valence-corrected chi connectivity index (χ4v) is 3.60. The lowest BCUT2D eigenvalue weighted by atomic mass is 9.91. The Hall–Kier alpha value is -1.84. The summed E-state index contributed by atoms with van der Waals surface area (Å²) >= 11 is 0. The number of nitrogens with zero attached hydrogens (tertiary/aromatic N) is 1. The molecule has 1 aromatic rings. The van der Waals surface area contributed by atoms with Gasteiger partial charge in [-0.25, -0.2) is 0 Å². The molecule has 2 amide bonds. The summed E-state index contributed by atoms with van der Waals surface area (Å²) in [5.74, 6) is 0.377. The van der Waals surface area contributed by atoms with E-state index >= 15 is 0 Å². The zero-order valence-corrected chi connectivity index (χ0v) is 15.1. The zero-order valence-electron chi connectivity index (χ0n) is 15.1. The molecular formula is C20H30N2O2. The summed E-state index contributed by atoms with van der Waals surface area (Å²) in [6, 6.07) is 8.96. The Labute approximate surface area is 145 Å². The van der Waals surface area contributed by atoms with Crippen LogP contribution in [0.1, 0.15) is 58.1 Å². The van der Waals surface area contributed by atoms with Crippen LogP contribution >= 0.6 is 0 Å². The Morgan fingerprint density at radius 1 is 1.12 bits per heavy atom. The molecule has 1 aliphatic carbocycles. The third-order valence-electron chi connectivity index (χ3n) is 5.26. The van der Waals surface area contributed by atoms with Crippen LogP contribution in [0.2, 0.25) is 0 Å². The molecule has 0 radical (unpaired) electrons. The summed E-state index contributed by atoms with van der Waals surface area (Å²) < 4.78 is 0. The van der Waals surface area contributed by atoms with Gasteiger partial charge in [-0.2, -0.15) is 0 Å². The van der Waals surface area contributed by atoms with Crippen molar-refractivity contribution in [1.29, 1.82) is 0 Å². The van der Waals surface area contributed by atoms with E-state index < -0.39 is 6.04 Å². The van der Waals surface area contributed by atoms with Gasteiger partial charge in [-0.15, -0.1) is 0 Å². The maximum absolute atomic E-state index is 12.9. The summed E-state index contributed by atoms with van der Waals surface area (Å²) in [4.78, 5) is 27.4. The number of carbonyl (C=O) groups excluding carboxylic acids is 2. The molecule has 4 nitrogen and oxygen atoms in total. The Balaban J connectivity index is 2.16. The quantitative estimate of drug-likeness (QED) is 0.831. The lowest BCUT2D eigenvalue weighted by Gasteiger charge is -2.28. The van der Waals surface area contributed by atoms with Crippen LogP contribution in [0, 0.1) is 11.8 Å². The second-order valence-electron chi connectivity index (χ2n) is 6.70. The summed E-state index contributed by atoms with van der Waals surface area (Å²) in [6.07, 6.45) is 4.66. The number of hydrogen-bond acceptors (Lipinski definition) is 2. The minimum Gasteiger partial charge on any atom is -0.341 e. The Kier molecular flexibility index (Phi) is 6.83. The predicted octanol–water partition coefficient (Wildman–Crippen LogP) is 3.54. The molecule has 2 rings (SSSR count). The van der Waals surface area contributed by atoms with E-state index in [1.807, 2.05) is 51.1 Å². The van der Waals surface area contributed by atoms with Gasteiger partial charge in [0.2, 0.25) is 11.8 Å². The van der Waals surface area contributed by atoms with Crippen LogP contribution in [0.3, 0.4) is 0 Å². The van der Waals surface area contributed by atoms with Crippen molar-refractivity contribution in [3.8, 4) is 0 Å². The van der Waals surface area contributed by atoms with Crippen molar-refractivity contribution in [2.75, 3.05) is 13.1 Å². The van der Waals surface area contributed by atoms with E-state index in [9.17, 15) is 9.59 Å². The molecule has 4 heteroatoms. The SMILES string of the molecule is CCN(CC)C(=O)[C@@H](NC(=O)C(C)C1CCCC1)c1ccccc1.